The summed E-state index contributed by atoms with van der Waals surface area (Å²) in [5, 5.41) is 17.8. The van der Waals surface area contributed by atoms with E-state index in [-0.39, 0.29) is 24.5 Å². The third-order valence-corrected chi connectivity index (χ3v) is 7.02. The van der Waals surface area contributed by atoms with E-state index in [1.165, 1.54) is 0 Å². The van der Waals surface area contributed by atoms with Gasteiger partial charge in [-0.15, -0.1) is 0 Å². The maximum atomic E-state index is 13.2. The molecule has 2 aliphatic rings. The van der Waals surface area contributed by atoms with Crippen molar-refractivity contribution in [1.29, 1.82) is 0 Å². The highest BCUT2D eigenvalue weighted by Gasteiger charge is 2.66. The van der Waals surface area contributed by atoms with Gasteiger partial charge in [-0.1, -0.05) is 48.5 Å². The molecule has 0 radical (unpaired) electrons. The van der Waals surface area contributed by atoms with E-state index in [9.17, 15) is 23.1 Å². The highest BCUT2D eigenvalue weighted by Crippen LogP contribution is 2.45. The number of rotatable bonds is 6. The Morgan fingerprint density at radius 2 is 1.67 bits per heavy atom. The minimum Gasteiger partial charge on any atom is -0.480 e. The van der Waals surface area contributed by atoms with Crippen molar-refractivity contribution in [1.82, 2.24) is 14.5 Å². The van der Waals surface area contributed by atoms with Crippen LogP contribution in [0.3, 0.4) is 0 Å². The van der Waals surface area contributed by atoms with Crippen LogP contribution in [0.15, 0.2) is 60.7 Å². The molecule has 0 aromatic heterocycles. The number of nitrogens with zero attached hydrogens (tertiary/aromatic N) is 2. The molecule has 0 spiro atoms. The van der Waals surface area contributed by atoms with Crippen LogP contribution in [-0.4, -0.2) is 66.0 Å². The van der Waals surface area contributed by atoms with E-state index in [2.05, 4.69) is 10.0 Å². The molecule has 4 atom stereocenters. The Labute approximate surface area is 192 Å². The van der Waals surface area contributed by atoms with Crippen molar-refractivity contribution in [3.63, 3.8) is 0 Å². The molecule has 1 heterocycles. The number of para-hydroxylation sites is 1. The van der Waals surface area contributed by atoms with Crippen molar-refractivity contribution in [2.24, 2.45) is 5.14 Å². The first-order valence-corrected chi connectivity index (χ1v) is 12.2. The molecule has 2 aromatic rings. The summed E-state index contributed by atoms with van der Waals surface area (Å²) in [5.74, 6) is -1.27. The Hall–Kier alpha value is -2.99. The molecule has 2 amide bonds. The summed E-state index contributed by atoms with van der Waals surface area (Å²) >= 11 is 0. The van der Waals surface area contributed by atoms with Crippen LogP contribution in [0.1, 0.15) is 24.9 Å². The Bertz CT molecular complexity index is 1130. The van der Waals surface area contributed by atoms with Crippen LogP contribution >= 0.6 is 0 Å². The number of hydrogen-bond donors (Lipinski definition) is 4. The summed E-state index contributed by atoms with van der Waals surface area (Å²) in [7, 11) is -4.21. The van der Waals surface area contributed by atoms with Gasteiger partial charge in [-0.2, -0.15) is 13.1 Å². The summed E-state index contributed by atoms with van der Waals surface area (Å²) in [6.07, 6.45) is 0.0980. The van der Waals surface area contributed by atoms with Gasteiger partial charge in [0.05, 0.1) is 6.04 Å². The number of piperazine rings is 1. The molecule has 33 heavy (non-hydrogen) atoms. The number of urea groups is 1. The Morgan fingerprint density at radius 1 is 1.06 bits per heavy atom. The first-order valence-electron chi connectivity index (χ1n) is 10.6. The number of anilines is 1. The van der Waals surface area contributed by atoms with E-state index < -0.39 is 27.8 Å². The van der Waals surface area contributed by atoms with Gasteiger partial charge < -0.3 is 15.3 Å². The lowest BCUT2D eigenvalue weighted by molar-refractivity contribution is -0.141. The number of nitrogens with two attached hydrogens (primary N) is 1. The number of carbonyl (C=O) groups is 2. The molecule has 10 nitrogen and oxygen atoms in total. The lowest BCUT2D eigenvalue weighted by atomic mass is 9.94. The molecule has 1 aliphatic heterocycles. The van der Waals surface area contributed by atoms with Crippen molar-refractivity contribution in [3.05, 3.63) is 66.2 Å². The number of aliphatic carboxylic acids is 1. The predicted molar refractivity (Wildman–Crippen MR) is 123 cm³/mol. The molecule has 176 valence electrons. The van der Waals surface area contributed by atoms with Crippen LogP contribution in [0.5, 0.6) is 0 Å². The van der Waals surface area contributed by atoms with Gasteiger partial charge in [-0.3, -0.25) is 9.69 Å². The largest absolute Gasteiger partial charge is 0.480 e. The Kier molecular flexibility index (Phi) is 6.14. The van der Waals surface area contributed by atoms with Crippen molar-refractivity contribution in [2.45, 2.75) is 37.0 Å². The van der Waals surface area contributed by atoms with Gasteiger partial charge in [0.1, 0.15) is 5.54 Å². The second kappa shape index (κ2) is 8.75. The van der Waals surface area contributed by atoms with Crippen molar-refractivity contribution >= 4 is 27.9 Å². The summed E-state index contributed by atoms with van der Waals surface area (Å²) < 4.78 is 25.4. The highest BCUT2D eigenvalue weighted by atomic mass is 32.2. The van der Waals surface area contributed by atoms with Gasteiger partial charge >= 0.3 is 12.0 Å². The maximum absolute atomic E-state index is 13.2. The number of nitrogens with one attached hydrogen (secondary N) is 2. The third-order valence-electron chi connectivity index (χ3n) is 6.37. The maximum Gasteiger partial charge on any atom is 0.326 e. The second-order valence-corrected chi connectivity index (χ2v) is 9.76. The van der Waals surface area contributed by atoms with Crippen LogP contribution < -0.4 is 15.2 Å². The summed E-state index contributed by atoms with van der Waals surface area (Å²) in [5.41, 5.74) is -0.0925. The molecule has 1 unspecified atom stereocenters. The van der Waals surface area contributed by atoms with Crippen molar-refractivity contribution in [3.8, 4) is 0 Å². The molecule has 11 heteroatoms. The van der Waals surface area contributed by atoms with Gasteiger partial charge in [0.15, 0.2) is 0 Å². The Balaban J connectivity index is 1.61. The van der Waals surface area contributed by atoms with Gasteiger partial charge in [-0.05, 0) is 31.0 Å². The molecule has 2 aromatic carbocycles. The monoisotopic (exact) mass is 473 g/mol. The number of amides is 2. The number of benzene rings is 2. The summed E-state index contributed by atoms with van der Waals surface area (Å²) in [6, 6.07) is 17.2. The van der Waals surface area contributed by atoms with Crippen molar-refractivity contribution < 1.29 is 23.1 Å². The van der Waals surface area contributed by atoms with Crippen LogP contribution in [0.2, 0.25) is 0 Å². The van der Waals surface area contributed by atoms with E-state index in [4.69, 9.17) is 5.14 Å². The van der Waals surface area contributed by atoms with Crippen LogP contribution in [0.4, 0.5) is 10.5 Å². The second-order valence-electron chi connectivity index (χ2n) is 8.47. The van der Waals surface area contributed by atoms with Crippen LogP contribution in [-0.2, 0) is 15.0 Å². The molecule has 1 saturated heterocycles. The fraction of sp³-hybridized carbons (Fsp3) is 0.364. The van der Waals surface area contributed by atoms with Gasteiger partial charge in [-0.25, -0.2) is 9.93 Å². The standard InChI is InChI=1S/C22H27N5O5S/c1-15-19(16-8-4-2-5-9-16)27(21(30)24-17-10-6-3-7-11-17)13-12-26(15)18-14-22(18,20(28)29)25-33(23,31)32/h2-11,15,18-19,25H,12-14H2,1H3,(H,24,30)(H,28,29)(H2,23,31,32)/t15-,18?,19+,22+/m1/s1. The average Bonchev–Trinajstić information content (AvgIpc) is 3.48. The lowest BCUT2D eigenvalue weighted by Crippen LogP contribution is -2.60. The zero-order valence-electron chi connectivity index (χ0n) is 18.1. The van der Waals surface area contributed by atoms with E-state index in [1.54, 1.807) is 17.0 Å². The zero-order chi connectivity index (χ0) is 23.8. The quantitative estimate of drug-likeness (QED) is 0.498. The molecule has 2 fully saturated rings. The molecule has 1 saturated carbocycles. The summed E-state index contributed by atoms with van der Waals surface area (Å²) in [4.78, 5) is 28.9. The van der Waals surface area contributed by atoms with Crippen LogP contribution in [0.25, 0.3) is 0 Å². The topological polar surface area (TPSA) is 145 Å². The normalized spacial score (nSPS) is 27.7. The third kappa shape index (κ3) is 4.71. The SMILES string of the molecule is C[C@@H]1[C@@H](c2ccccc2)N(C(=O)Nc2ccccc2)CCN1C1C[C@@]1(NS(N)(=O)=O)C(=O)O. The molecular formula is C22H27N5O5S. The number of carboxylic acids is 1. The first kappa shape index (κ1) is 23.2. The highest BCUT2D eigenvalue weighted by molar-refractivity contribution is 7.87. The number of carboxylic acid groups (broad SMARTS) is 1. The van der Waals surface area contributed by atoms with E-state index in [0.717, 1.165) is 5.56 Å². The molecule has 5 N–H and O–H groups in total. The van der Waals surface area contributed by atoms with Gasteiger partial charge in [0, 0.05) is 30.9 Å². The molecular weight excluding hydrogens is 446 g/mol. The van der Waals surface area contributed by atoms with Gasteiger partial charge in [0.25, 0.3) is 10.2 Å². The molecule has 0 bridgehead atoms. The lowest BCUT2D eigenvalue weighted by Gasteiger charge is -2.47. The predicted octanol–water partition coefficient (Wildman–Crippen LogP) is 1.35. The smallest absolute Gasteiger partial charge is 0.326 e. The summed E-state index contributed by atoms with van der Waals surface area (Å²) in [6.45, 7) is 2.64. The number of hydrogen-bond acceptors (Lipinski definition) is 5. The van der Waals surface area contributed by atoms with Crippen LogP contribution in [0, 0.1) is 0 Å². The fourth-order valence-electron chi connectivity index (χ4n) is 4.78. The van der Waals surface area contributed by atoms with Gasteiger partial charge in [0.2, 0.25) is 0 Å². The van der Waals surface area contributed by atoms with E-state index in [1.807, 2.05) is 60.4 Å². The van der Waals surface area contributed by atoms with E-state index in [0.29, 0.717) is 18.8 Å². The van der Waals surface area contributed by atoms with E-state index >= 15 is 0 Å². The van der Waals surface area contributed by atoms with Crippen molar-refractivity contribution in [2.75, 3.05) is 18.4 Å². The average molecular weight is 474 g/mol. The first-order chi connectivity index (χ1) is 15.6. The molecule has 4 rings (SSSR count). The minimum absolute atomic E-state index is 0.0980. The molecule has 1 aliphatic carbocycles. The fourth-order valence-corrected chi connectivity index (χ4v) is 5.60. The Morgan fingerprint density at radius 3 is 2.24 bits per heavy atom. The minimum atomic E-state index is -4.21. The number of carbonyl (C=O) groups excluding carboxylic acids is 1. The zero-order valence-corrected chi connectivity index (χ0v) is 18.9.